The average molecular weight is 342 g/mol. The molecule has 0 atom stereocenters. The molecule has 0 aromatic heterocycles. The molecular formula is C16H20F2N2O4. The zero-order valence-electron chi connectivity index (χ0n) is 13.2. The number of hydrogen-bond acceptors (Lipinski definition) is 4. The smallest absolute Gasteiger partial charge is 0.387 e. The molecule has 0 bridgehead atoms. The lowest BCUT2D eigenvalue weighted by atomic mass is 10.0. The van der Waals surface area contributed by atoms with Gasteiger partial charge in [0.2, 0.25) is 0 Å². The molecule has 3 rings (SSSR count). The van der Waals surface area contributed by atoms with E-state index in [-0.39, 0.29) is 18.3 Å². The lowest BCUT2D eigenvalue weighted by Gasteiger charge is -2.37. The first kappa shape index (κ1) is 16.9. The van der Waals surface area contributed by atoms with Gasteiger partial charge in [0.1, 0.15) is 5.75 Å². The summed E-state index contributed by atoms with van der Waals surface area (Å²) in [6.07, 6.45) is 1.30. The normalized spacial score (nSPS) is 19.7. The number of carbonyl (C=O) groups excluding carboxylic acids is 1. The molecule has 0 saturated carbocycles. The van der Waals surface area contributed by atoms with E-state index in [9.17, 15) is 13.6 Å². The monoisotopic (exact) mass is 342 g/mol. The van der Waals surface area contributed by atoms with Gasteiger partial charge >= 0.3 is 12.6 Å². The minimum absolute atomic E-state index is 0.0761. The summed E-state index contributed by atoms with van der Waals surface area (Å²) in [6.45, 7) is -0.309. The summed E-state index contributed by atoms with van der Waals surface area (Å²) in [7, 11) is 0. The molecule has 2 saturated heterocycles. The summed E-state index contributed by atoms with van der Waals surface area (Å²) in [5.74, 6) is -0.440. The van der Waals surface area contributed by atoms with Crippen LogP contribution in [-0.4, -0.2) is 49.6 Å². The molecule has 1 N–H and O–H groups in total. The molecule has 0 unspecified atom stereocenters. The van der Waals surface area contributed by atoms with Gasteiger partial charge in [0.05, 0.1) is 13.2 Å². The summed E-state index contributed by atoms with van der Waals surface area (Å²) < 4.78 is 40.0. The van der Waals surface area contributed by atoms with E-state index in [0.29, 0.717) is 44.7 Å². The quantitative estimate of drug-likeness (QED) is 0.912. The molecule has 0 radical (unpaired) electrons. The highest BCUT2D eigenvalue weighted by molar-refractivity contribution is 5.74. The maximum absolute atomic E-state index is 12.2. The Balaban J connectivity index is 1.47. The van der Waals surface area contributed by atoms with Crippen molar-refractivity contribution >= 4 is 6.03 Å². The van der Waals surface area contributed by atoms with Gasteiger partial charge < -0.3 is 24.4 Å². The highest BCUT2D eigenvalue weighted by atomic mass is 19.3. The predicted octanol–water partition coefficient (Wildman–Crippen LogP) is 2.34. The van der Waals surface area contributed by atoms with Crippen molar-refractivity contribution in [2.45, 2.75) is 31.8 Å². The second-order valence-electron chi connectivity index (χ2n) is 5.78. The first-order valence-corrected chi connectivity index (χ1v) is 7.91. The van der Waals surface area contributed by atoms with Crippen LogP contribution in [0.1, 0.15) is 18.4 Å². The van der Waals surface area contributed by atoms with E-state index in [1.165, 1.54) is 12.1 Å². The molecule has 1 spiro atoms. The Labute approximate surface area is 138 Å². The van der Waals surface area contributed by atoms with Gasteiger partial charge in [0.15, 0.2) is 5.79 Å². The standard InChI is InChI=1S/C16H20F2N2O4/c17-14(18)24-13-3-1-2-12(10-13)11-19-15(21)20-6-4-16(5-7-20)22-8-9-23-16/h1-3,10,14H,4-9,11H2,(H,19,21). The molecule has 2 heterocycles. The van der Waals surface area contributed by atoms with Crippen LogP contribution in [0.4, 0.5) is 13.6 Å². The fourth-order valence-electron chi connectivity index (χ4n) is 2.96. The van der Waals surface area contributed by atoms with Crippen LogP contribution in [0.5, 0.6) is 5.75 Å². The highest BCUT2D eigenvalue weighted by Gasteiger charge is 2.40. The van der Waals surface area contributed by atoms with E-state index in [2.05, 4.69) is 10.1 Å². The number of hydrogen-bond donors (Lipinski definition) is 1. The summed E-state index contributed by atoms with van der Waals surface area (Å²) in [5.41, 5.74) is 0.692. The number of likely N-dealkylation sites (tertiary alicyclic amines) is 1. The number of nitrogens with zero attached hydrogens (tertiary/aromatic N) is 1. The van der Waals surface area contributed by atoms with E-state index in [1.54, 1.807) is 17.0 Å². The van der Waals surface area contributed by atoms with Gasteiger partial charge in [0, 0.05) is 32.5 Å². The van der Waals surface area contributed by atoms with Crippen molar-refractivity contribution in [3.8, 4) is 5.75 Å². The predicted molar refractivity (Wildman–Crippen MR) is 80.8 cm³/mol. The van der Waals surface area contributed by atoms with Crippen LogP contribution in [0.3, 0.4) is 0 Å². The molecule has 2 aliphatic rings. The molecule has 0 aliphatic carbocycles. The van der Waals surface area contributed by atoms with Crippen LogP contribution in [0.25, 0.3) is 0 Å². The third kappa shape index (κ3) is 4.12. The van der Waals surface area contributed by atoms with Gasteiger partial charge in [-0.25, -0.2) is 4.79 Å². The number of nitrogens with one attached hydrogen (secondary N) is 1. The van der Waals surface area contributed by atoms with Crippen LogP contribution >= 0.6 is 0 Å². The van der Waals surface area contributed by atoms with Gasteiger partial charge in [-0.1, -0.05) is 12.1 Å². The lowest BCUT2D eigenvalue weighted by Crippen LogP contribution is -2.50. The summed E-state index contributed by atoms with van der Waals surface area (Å²) in [6, 6.07) is 6.09. The topological polar surface area (TPSA) is 60.0 Å². The SMILES string of the molecule is O=C(NCc1cccc(OC(F)F)c1)N1CCC2(CC1)OCCO2. The second kappa shape index (κ2) is 7.31. The number of piperidine rings is 1. The van der Waals surface area contributed by atoms with E-state index in [4.69, 9.17) is 9.47 Å². The van der Waals surface area contributed by atoms with Gasteiger partial charge in [-0.3, -0.25) is 0 Å². The minimum atomic E-state index is -2.87. The summed E-state index contributed by atoms with van der Waals surface area (Å²) >= 11 is 0. The minimum Gasteiger partial charge on any atom is -0.435 e. The van der Waals surface area contributed by atoms with Crippen LogP contribution in [0.15, 0.2) is 24.3 Å². The summed E-state index contributed by atoms with van der Waals surface area (Å²) in [4.78, 5) is 13.9. The number of urea groups is 1. The first-order valence-electron chi connectivity index (χ1n) is 7.91. The first-order chi connectivity index (χ1) is 11.6. The Morgan fingerprint density at radius 3 is 2.67 bits per heavy atom. The third-order valence-electron chi connectivity index (χ3n) is 4.19. The average Bonchev–Trinajstić information content (AvgIpc) is 3.01. The second-order valence-corrected chi connectivity index (χ2v) is 5.78. The van der Waals surface area contributed by atoms with Gasteiger partial charge in [-0.15, -0.1) is 0 Å². The maximum Gasteiger partial charge on any atom is 0.387 e. The Hall–Kier alpha value is -1.93. The number of alkyl halides is 2. The fraction of sp³-hybridized carbons (Fsp3) is 0.562. The van der Waals surface area contributed by atoms with Crippen molar-refractivity contribution in [1.29, 1.82) is 0 Å². The third-order valence-corrected chi connectivity index (χ3v) is 4.19. The van der Waals surface area contributed by atoms with Crippen LogP contribution < -0.4 is 10.1 Å². The molecule has 6 nitrogen and oxygen atoms in total. The molecule has 2 fully saturated rings. The zero-order valence-corrected chi connectivity index (χ0v) is 13.2. The Morgan fingerprint density at radius 1 is 1.29 bits per heavy atom. The molecule has 1 aromatic carbocycles. The molecular weight excluding hydrogens is 322 g/mol. The number of amides is 2. The van der Waals surface area contributed by atoms with E-state index >= 15 is 0 Å². The van der Waals surface area contributed by atoms with Crippen LogP contribution in [0, 0.1) is 0 Å². The molecule has 132 valence electrons. The van der Waals surface area contributed by atoms with Gasteiger partial charge in [-0.2, -0.15) is 8.78 Å². The maximum atomic E-state index is 12.2. The Morgan fingerprint density at radius 2 is 2.00 bits per heavy atom. The van der Waals surface area contributed by atoms with E-state index in [0.717, 1.165) is 0 Å². The molecule has 24 heavy (non-hydrogen) atoms. The van der Waals surface area contributed by atoms with Gasteiger partial charge in [0.25, 0.3) is 0 Å². The molecule has 2 amide bonds. The fourth-order valence-corrected chi connectivity index (χ4v) is 2.96. The highest BCUT2D eigenvalue weighted by Crippen LogP contribution is 2.31. The lowest BCUT2D eigenvalue weighted by molar-refractivity contribution is -0.181. The molecule has 2 aliphatic heterocycles. The van der Waals surface area contributed by atoms with Crippen LogP contribution in [-0.2, 0) is 16.0 Å². The van der Waals surface area contributed by atoms with Crippen molar-refractivity contribution < 1.29 is 27.8 Å². The largest absolute Gasteiger partial charge is 0.435 e. The molecule has 1 aromatic rings. The zero-order chi connectivity index (χ0) is 17.0. The molecule has 8 heteroatoms. The number of rotatable bonds is 4. The number of carbonyl (C=O) groups is 1. The Kier molecular flexibility index (Phi) is 5.15. The van der Waals surface area contributed by atoms with Crippen LogP contribution in [0.2, 0.25) is 0 Å². The van der Waals surface area contributed by atoms with Crippen molar-refractivity contribution in [3.05, 3.63) is 29.8 Å². The van der Waals surface area contributed by atoms with Gasteiger partial charge in [-0.05, 0) is 17.7 Å². The number of halogens is 2. The van der Waals surface area contributed by atoms with Crippen molar-refractivity contribution in [2.24, 2.45) is 0 Å². The Bertz CT molecular complexity index is 569. The summed E-state index contributed by atoms with van der Waals surface area (Å²) in [5, 5.41) is 2.79. The van der Waals surface area contributed by atoms with E-state index in [1.807, 2.05) is 0 Å². The number of ether oxygens (including phenoxy) is 3. The van der Waals surface area contributed by atoms with Crippen molar-refractivity contribution in [3.63, 3.8) is 0 Å². The van der Waals surface area contributed by atoms with Crippen molar-refractivity contribution in [1.82, 2.24) is 10.2 Å². The van der Waals surface area contributed by atoms with Crippen molar-refractivity contribution in [2.75, 3.05) is 26.3 Å². The van der Waals surface area contributed by atoms with E-state index < -0.39 is 12.4 Å². The number of benzene rings is 1.